The molecule has 0 N–H and O–H groups in total. The standard InChI is InChI=1S/C13H18O2/c1-3-13(15-10-14)9-11(2)12-7-5-4-6-8-12/h4-8,10-11,13H,3,9H2,1-2H3. The number of benzene rings is 1. The Kier molecular flexibility index (Phi) is 4.88. The molecule has 1 aromatic rings. The fourth-order valence-corrected chi connectivity index (χ4v) is 1.71. The van der Waals surface area contributed by atoms with E-state index in [1.165, 1.54) is 5.56 Å². The van der Waals surface area contributed by atoms with Crippen molar-refractivity contribution in [2.24, 2.45) is 0 Å². The summed E-state index contributed by atoms with van der Waals surface area (Å²) in [5.41, 5.74) is 1.30. The molecule has 2 nitrogen and oxygen atoms in total. The zero-order valence-corrected chi connectivity index (χ0v) is 9.35. The van der Waals surface area contributed by atoms with Crippen LogP contribution in [-0.2, 0) is 9.53 Å². The SMILES string of the molecule is CCC(CC(C)c1ccccc1)OC=O. The van der Waals surface area contributed by atoms with Gasteiger partial charge in [0, 0.05) is 0 Å². The average molecular weight is 206 g/mol. The summed E-state index contributed by atoms with van der Waals surface area (Å²) in [7, 11) is 0. The van der Waals surface area contributed by atoms with Gasteiger partial charge >= 0.3 is 0 Å². The van der Waals surface area contributed by atoms with Crippen LogP contribution in [0.5, 0.6) is 0 Å². The molecule has 0 heterocycles. The highest BCUT2D eigenvalue weighted by Gasteiger charge is 2.13. The first-order valence-corrected chi connectivity index (χ1v) is 5.42. The van der Waals surface area contributed by atoms with Crippen molar-refractivity contribution in [1.82, 2.24) is 0 Å². The summed E-state index contributed by atoms with van der Waals surface area (Å²) in [6.45, 7) is 4.74. The maximum Gasteiger partial charge on any atom is 0.293 e. The summed E-state index contributed by atoms with van der Waals surface area (Å²) >= 11 is 0. The van der Waals surface area contributed by atoms with Crippen LogP contribution >= 0.6 is 0 Å². The molecule has 0 aliphatic rings. The van der Waals surface area contributed by atoms with Crippen LogP contribution < -0.4 is 0 Å². The van der Waals surface area contributed by atoms with Crippen LogP contribution in [0, 0.1) is 0 Å². The van der Waals surface area contributed by atoms with Gasteiger partial charge in [-0.1, -0.05) is 44.2 Å². The van der Waals surface area contributed by atoms with Gasteiger partial charge < -0.3 is 4.74 Å². The third kappa shape index (κ3) is 3.74. The van der Waals surface area contributed by atoms with Gasteiger partial charge in [0.15, 0.2) is 0 Å². The van der Waals surface area contributed by atoms with E-state index in [1.54, 1.807) is 0 Å². The highest BCUT2D eigenvalue weighted by atomic mass is 16.5. The van der Waals surface area contributed by atoms with E-state index >= 15 is 0 Å². The lowest BCUT2D eigenvalue weighted by molar-refractivity contribution is -0.134. The second kappa shape index (κ2) is 6.23. The van der Waals surface area contributed by atoms with Crippen LogP contribution in [0.4, 0.5) is 0 Å². The summed E-state index contributed by atoms with van der Waals surface area (Å²) in [4.78, 5) is 10.3. The van der Waals surface area contributed by atoms with E-state index in [4.69, 9.17) is 4.74 Å². The fourth-order valence-electron chi connectivity index (χ4n) is 1.71. The van der Waals surface area contributed by atoms with Crippen LogP contribution in [0.25, 0.3) is 0 Å². The van der Waals surface area contributed by atoms with Gasteiger partial charge in [-0.25, -0.2) is 0 Å². The molecule has 0 fully saturated rings. The van der Waals surface area contributed by atoms with E-state index < -0.39 is 0 Å². The molecule has 0 aromatic heterocycles. The molecule has 2 heteroatoms. The van der Waals surface area contributed by atoms with E-state index in [-0.39, 0.29) is 6.10 Å². The predicted octanol–water partition coefficient (Wildman–Crippen LogP) is 3.13. The van der Waals surface area contributed by atoms with Crippen LogP contribution in [0.15, 0.2) is 30.3 Å². The van der Waals surface area contributed by atoms with Crippen molar-refractivity contribution in [3.05, 3.63) is 35.9 Å². The van der Waals surface area contributed by atoms with Crippen LogP contribution in [-0.4, -0.2) is 12.6 Å². The molecule has 0 amide bonds. The van der Waals surface area contributed by atoms with Crippen molar-refractivity contribution >= 4 is 6.47 Å². The van der Waals surface area contributed by atoms with Crippen molar-refractivity contribution in [2.75, 3.05) is 0 Å². The monoisotopic (exact) mass is 206 g/mol. The van der Waals surface area contributed by atoms with E-state index in [2.05, 4.69) is 19.1 Å². The van der Waals surface area contributed by atoms with Crippen molar-refractivity contribution in [3.8, 4) is 0 Å². The summed E-state index contributed by atoms with van der Waals surface area (Å²) < 4.78 is 5.00. The number of carbonyl (C=O) groups excluding carboxylic acids is 1. The van der Waals surface area contributed by atoms with Crippen LogP contribution in [0.1, 0.15) is 38.2 Å². The maximum atomic E-state index is 10.3. The third-order valence-electron chi connectivity index (χ3n) is 2.69. The Labute approximate surface area is 91.3 Å². The smallest absolute Gasteiger partial charge is 0.293 e. The highest BCUT2D eigenvalue weighted by Crippen LogP contribution is 2.22. The number of ether oxygens (including phenoxy) is 1. The lowest BCUT2D eigenvalue weighted by Gasteiger charge is -2.18. The Balaban J connectivity index is 2.54. The van der Waals surface area contributed by atoms with Crippen molar-refractivity contribution in [1.29, 1.82) is 0 Å². The Morgan fingerprint density at radius 1 is 1.33 bits per heavy atom. The highest BCUT2D eigenvalue weighted by molar-refractivity contribution is 5.37. The van der Waals surface area contributed by atoms with E-state index in [9.17, 15) is 4.79 Å². The third-order valence-corrected chi connectivity index (χ3v) is 2.69. The molecule has 2 unspecified atom stereocenters. The minimum Gasteiger partial charge on any atom is -0.465 e. The molecule has 0 bridgehead atoms. The zero-order chi connectivity index (χ0) is 11.1. The lowest BCUT2D eigenvalue weighted by Crippen LogP contribution is -2.14. The molecule has 0 radical (unpaired) electrons. The minimum absolute atomic E-state index is 0.0395. The molecular weight excluding hydrogens is 188 g/mol. The Morgan fingerprint density at radius 3 is 2.53 bits per heavy atom. The lowest BCUT2D eigenvalue weighted by atomic mass is 9.94. The van der Waals surface area contributed by atoms with E-state index in [0.29, 0.717) is 12.4 Å². The molecule has 0 aliphatic carbocycles. The molecule has 1 aromatic carbocycles. The summed E-state index contributed by atoms with van der Waals surface area (Å²) in [6, 6.07) is 10.3. The second-order valence-corrected chi connectivity index (χ2v) is 3.81. The van der Waals surface area contributed by atoms with Gasteiger partial charge in [-0.3, -0.25) is 4.79 Å². The fraction of sp³-hybridized carbons (Fsp3) is 0.462. The molecule has 1 rings (SSSR count). The van der Waals surface area contributed by atoms with Gasteiger partial charge in [0.2, 0.25) is 0 Å². The van der Waals surface area contributed by atoms with Gasteiger partial charge in [-0.05, 0) is 24.3 Å². The number of carbonyl (C=O) groups is 1. The van der Waals surface area contributed by atoms with E-state index in [1.807, 2.05) is 25.1 Å². The van der Waals surface area contributed by atoms with Gasteiger partial charge in [0.1, 0.15) is 6.10 Å². The molecule has 0 saturated carbocycles. The predicted molar refractivity (Wildman–Crippen MR) is 60.7 cm³/mol. The maximum absolute atomic E-state index is 10.3. The quantitative estimate of drug-likeness (QED) is 0.668. The van der Waals surface area contributed by atoms with Crippen molar-refractivity contribution < 1.29 is 9.53 Å². The number of hydrogen-bond donors (Lipinski definition) is 0. The first-order chi connectivity index (χ1) is 7.27. The normalized spacial score (nSPS) is 14.3. The van der Waals surface area contributed by atoms with Gasteiger partial charge in [-0.2, -0.15) is 0 Å². The summed E-state index contributed by atoms with van der Waals surface area (Å²) in [6.07, 6.45) is 1.80. The molecular formula is C13H18O2. The topological polar surface area (TPSA) is 26.3 Å². The summed E-state index contributed by atoms with van der Waals surface area (Å²) in [5.74, 6) is 0.427. The van der Waals surface area contributed by atoms with Gasteiger partial charge in [0.05, 0.1) is 0 Å². The number of rotatable bonds is 6. The molecule has 82 valence electrons. The Bertz CT molecular complexity index is 282. The Hall–Kier alpha value is -1.31. The van der Waals surface area contributed by atoms with Crippen LogP contribution in [0.2, 0.25) is 0 Å². The molecule has 15 heavy (non-hydrogen) atoms. The van der Waals surface area contributed by atoms with Gasteiger partial charge in [-0.15, -0.1) is 0 Å². The molecule has 2 atom stereocenters. The number of hydrogen-bond acceptors (Lipinski definition) is 2. The first kappa shape index (κ1) is 11.8. The zero-order valence-electron chi connectivity index (χ0n) is 9.35. The van der Waals surface area contributed by atoms with Crippen molar-refractivity contribution in [2.45, 2.75) is 38.7 Å². The Morgan fingerprint density at radius 2 is 2.00 bits per heavy atom. The average Bonchev–Trinajstić information content (AvgIpc) is 2.29. The largest absolute Gasteiger partial charge is 0.465 e. The van der Waals surface area contributed by atoms with Crippen molar-refractivity contribution in [3.63, 3.8) is 0 Å². The van der Waals surface area contributed by atoms with Crippen LogP contribution in [0.3, 0.4) is 0 Å². The minimum atomic E-state index is 0.0395. The molecule has 0 spiro atoms. The van der Waals surface area contributed by atoms with E-state index in [0.717, 1.165) is 12.8 Å². The summed E-state index contributed by atoms with van der Waals surface area (Å²) in [5, 5.41) is 0. The first-order valence-electron chi connectivity index (χ1n) is 5.42. The molecule has 0 saturated heterocycles. The molecule has 0 aliphatic heterocycles. The second-order valence-electron chi connectivity index (χ2n) is 3.81. The van der Waals surface area contributed by atoms with Gasteiger partial charge in [0.25, 0.3) is 6.47 Å².